The molecule has 2 fully saturated rings. The summed E-state index contributed by atoms with van der Waals surface area (Å²) in [5.41, 5.74) is 6.75. The second-order valence-corrected chi connectivity index (χ2v) is 9.40. The molecule has 0 aliphatic heterocycles. The molecule has 0 unspecified atom stereocenters. The Labute approximate surface area is 181 Å². The minimum Gasteiger partial charge on any atom is -0.256 e. The van der Waals surface area contributed by atoms with Gasteiger partial charge in [-0.25, -0.2) is 0 Å². The number of hydrogen-bond donors (Lipinski definition) is 0. The molecular weight excluding hydrogens is 362 g/mol. The summed E-state index contributed by atoms with van der Waals surface area (Å²) in [4.78, 5) is 4.88. The molecule has 0 spiro atoms. The Morgan fingerprint density at radius 1 is 0.733 bits per heavy atom. The van der Waals surface area contributed by atoms with Gasteiger partial charge in [0, 0.05) is 17.1 Å². The average molecular weight is 396 g/mol. The SMILES string of the molecule is C=Cc1ccc2c(-c3cc(C4CCCCC4)cc(C4CCCCC4)c3)nccc2c1. The van der Waals surface area contributed by atoms with Crippen LogP contribution in [0.4, 0.5) is 0 Å². The van der Waals surface area contributed by atoms with E-state index in [1.54, 1.807) is 11.1 Å². The molecule has 1 heteroatoms. The van der Waals surface area contributed by atoms with Crippen molar-refractivity contribution in [2.24, 2.45) is 0 Å². The number of nitrogens with zero attached hydrogens (tertiary/aromatic N) is 1. The van der Waals surface area contributed by atoms with Gasteiger partial charge in [-0.3, -0.25) is 4.98 Å². The van der Waals surface area contributed by atoms with Crippen LogP contribution in [-0.4, -0.2) is 4.98 Å². The Morgan fingerprint density at radius 3 is 1.97 bits per heavy atom. The van der Waals surface area contributed by atoms with Gasteiger partial charge in [0.05, 0.1) is 5.69 Å². The first-order valence-electron chi connectivity index (χ1n) is 12.0. The molecule has 2 aliphatic carbocycles. The van der Waals surface area contributed by atoms with Crippen LogP contribution < -0.4 is 0 Å². The fourth-order valence-electron chi connectivity index (χ4n) is 5.71. The van der Waals surface area contributed by atoms with Crippen molar-refractivity contribution in [3.8, 4) is 11.3 Å². The maximum atomic E-state index is 4.88. The molecule has 0 atom stereocenters. The van der Waals surface area contributed by atoms with Crippen molar-refractivity contribution in [3.63, 3.8) is 0 Å². The van der Waals surface area contributed by atoms with Crippen LogP contribution in [0, 0.1) is 0 Å². The van der Waals surface area contributed by atoms with Gasteiger partial charge < -0.3 is 0 Å². The van der Waals surface area contributed by atoms with E-state index in [4.69, 9.17) is 4.98 Å². The summed E-state index contributed by atoms with van der Waals surface area (Å²) in [5.74, 6) is 1.45. The molecule has 0 amide bonds. The van der Waals surface area contributed by atoms with Gasteiger partial charge in [-0.15, -0.1) is 0 Å². The Hall–Kier alpha value is -2.41. The summed E-state index contributed by atoms with van der Waals surface area (Å²) in [7, 11) is 0. The molecule has 0 N–H and O–H groups in total. The molecule has 1 nitrogen and oxygen atoms in total. The highest BCUT2D eigenvalue weighted by Crippen LogP contribution is 2.40. The predicted molar refractivity (Wildman–Crippen MR) is 129 cm³/mol. The second-order valence-electron chi connectivity index (χ2n) is 9.40. The molecule has 1 heterocycles. The lowest BCUT2D eigenvalue weighted by molar-refractivity contribution is 0.435. The monoisotopic (exact) mass is 395 g/mol. The number of pyridine rings is 1. The Kier molecular flexibility index (Phi) is 5.71. The Balaban J connectivity index is 1.63. The van der Waals surface area contributed by atoms with Gasteiger partial charge in [0.15, 0.2) is 0 Å². The zero-order valence-electron chi connectivity index (χ0n) is 18.1. The van der Waals surface area contributed by atoms with E-state index in [0.717, 1.165) is 17.5 Å². The summed E-state index contributed by atoms with van der Waals surface area (Å²) >= 11 is 0. The third-order valence-electron chi connectivity index (χ3n) is 7.43. The van der Waals surface area contributed by atoms with Crippen molar-refractivity contribution in [2.75, 3.05) is 0 Å². The highest BCUT2D eigenvalue weighted by molar-refractivity contribution is 5.95. The topological polar surface area (TPSA) is 12.9 Å². The highest BCUT2D eigenvalue weighted by Gasteiger charge is 2.21. The standard InChI is InChI=1S/C29H33N/c1-2-21-13-14-28-24(17-21)15-16-30-29(28)27-19-25(22-9-5-3-6-10-22)18-26(20-27)23-11-7-4-8-12-23/h2,13-20,22-23H,1,3-12H2. The summed E-state index contributed by atoms with van der Waals surface area (Å²) in [5, 5.41) is 2.50. The maximum Gasteiger partial charge on any atom is 0.0780 e. The average Bonchev–Trinajstić information content (AvgIpc) is 2.84. The lowest BCUT2D eigenvalue weighted by Gasteiger charge is -2.27. The largest absolute Gasteiger partial charge is 0.256 e. The first kappa shape index (κ1) is 19.5. The van der Waals surface area contributed by atoms with Crippen LogP contribution in [-0.2, 0) is 0 Å². The Morgan fingerprint density at radius 2 is 1.37 bits per heavy atom. The van der Waals surface area contributed by atoms with Crippen molar-refractivity contribution in [3.05, 3.63) is 71.9 Å². The van der Waals surface area contributed by atoms with Gasteiger partial charge in [0.25, 0.3) is 0 Å². The van der Waals surface area contributed by atoms with Crippen molar-refractivity contribution in [1.82, 2.24) is 4.98 Å². The number of fused-ring (bicyclic) bond motifs is 1. The van der Waals surface area contributed by atoms with Crippen LogP contribution in [0.2, 0.25) is 0 Å². The van der Waals surface area contributed by atoms with E-state index < -0.39 is 0 Å². The molecule has 3 aromatic rings. The van der Waals surface area contributed by atoms with Gasteiger partial charge in [-0.05, 0) is 83.9 Å². The van der Waals surface area contributed by atoms with Crippen molar-refractivity contribution in [1.29, 1.82) is 0 Å². The number of hydrogen-bond acceptors (Lipinski definition) is 1. The van der Waals surface area contributed by atoms with Gasteiger partial charge in [-0.1, -0.05) is 69.4 Å². The van der Waals surface area contributed by atoms with Gasteiger partial charge >= 0.3 is 0 Å². The second kappa shape index (κ2) is 8.76. The molecule has 0 radical (unpaired) electrons. The number of aromatic nitrogens is 1. The first-order valence-corrected chi connectivity index (χ1v) is 12.0. The van der Waals surface area contributed by atoms with Crippen molar-refractivity contribution >= 4 is 16.8 Å². The fourth-order valence-corrected chi connectivity index (χ4v) is 5.71. The third kappa shape index (κ3) is 3.95. The summed E-state index contributed by atoms with van der Waals surface area (Å²) < 4.78 is 0. The van der Waals surface area contributed by atoms with Crippen molar-refractivity contribution < 1.29 is 0 Å². The first-order chi connectivity index (χ1) is 14.8. The van der Waals surface area contributed by atoms with Crippen molar-refractivity contribution in [2.45, 2.75) is 76.0 Å². The van der Waals surface area contributed by atoms with Gasteiger partial charge in [0.1, 0.15) is 0 Å². The molecule has 0 saturated heterocycles. The zero-order chi connectivity index (χ0) is 20.3. The van der Waals surface area contributed by atoms with E-state index >= 15 is 0 Å². The molecule has 5 rings (SSSR count). The van der Waals surface area contributed by atoms with E-state index in [1.807, 2.05) is 12.3 Å². The quantitative estimate of drug-likeness (QED) is 0.431. The predicted octanol–water partition coefficient (Wildman–Crippen LogP) is 8.64. The zero-order valence-corrected chi connectivity index (χ0v) is 18.1. The van der Waals surface area contributed by atoms with Crippen LogP contribution in [0.25, 0.3) is 28.1 Å². The minimum atomic E-state index is 0.725. The number of benzene rings is 2. The fraction of sp³-hybridized carbons (Fsp3) is 0.414. The molecule has 1 aromatic heterocycles. The van der Waals surface area contributed by atoms with Crippen LogP contribution in [0.15, 0.2) is 55.2 Å². The summed E-state index contributed by atoms with van der Waals surface area (Å²) in [6, 6.07) is 16.2. The molecule has 154 valence electrons. The summed E-state index contributed by atoms with van der Waals surface area (Å²) in [6.45, 7) is 3.93. The minimum absolute atomic E-state index is 0.725. The van der Waals surface area contributed by atoms with E-state index in [9.17, 15) is 0 Å². The lowest BCUT2D eigenvalue weighted by Crippen LogP contribution is -2.09. The Bertz CT molecular complexity index is 999. The smallest absolute Gasteiger partial charge is 0.0780 e. The lowest BCUT2D eigenvalue weighted by atomic mass is 9.79. The van der Waals surface area contributed by atoms with E-state index in [0.29, 0.717) is 0 Å². The molecular formula is C29H33N. The van der Waals surface area contributed by atoms with E-state index in [-0.39, 0.29) is 0 Å². The molecule has 0 bridgehead atoms. The van der Waals surface area contributed by atoms with Gasteiger partial charge in [-0.2, -0.15) is 0 Å². The van der Waals surface area contributed by atoms with Crippen LogP contribution in [0.5, 0.6) is 0 Å². The third-order valence-corrected chi connectivity index (χ3v) is 7.43. The van der Waals surface area contributed by atoms with E-state index in [2.05, 4.69) is 49.0 Å². The molecule has 2 aromatic carbocycles. The van der Waals surface area contributed by atoms with Gasteiger partial charge in [0.2, 0.25) is 0 Å². The van der Waals surface area contributed by atoms with Crippen LogP contribution in [0.1, 0.15) is 92.7 Å². The summed E-state index contributed by atoms with van der Waals surface area (Å²) in [6.07, 6.45) is 17.6. The van der Waals surface area contributed by atoms with Crippen LogP contribution in [0.3, 0.4) is 0 Å². The van der Waals surface area contributed by atoms with Crippen LogP contribution >= 0.6 is 0 Å². The number of rotatable bonds is 4. The van der Waals surface area contributed by atoms with E-state index in [1.165, 1.54) is 86.1 Å². The normalized spacial score (nSPS) is 18.5. The highest BCUT2D eigenvalue weighted by atomic mass is 14.7. The maximum absolute atomic E-state index is 4.88. The molecule has 2 saturated carbocycles. The molecule has 30 heavy (non-hydrogen) atoms. The molecule has 2 aliphatic rings.